The first-order chi connectivity index (χ1) is 7.45. The molecule has 0 aliphatic carbocycles. The van der Waals surface area contributed by atoms with Crippen molar-refractivity contribution < 1.29 is 9.72 Å². The van der Waals surface area contributed by atoms with Crippen molar-refractivity contribution in [3.63, 3.8) is 0 Å². The van der Waals surface area contributed by atoms with Crippen LogP contribution in [0.25, 0.3) is 0 Å². The maximum Gasteiger partial charge on any atom is 0.270 e. The standard InChI is InChI=1S/C12H15NO3/c1-4-12(14)10-5-9(8(2)3)6-11(7-10)13(15)16/h5-8H,4H2,1-3H3. The summed E-state index contributed by atoms with van der Waals surface area (Å²) in [5.41, 5.74) is 1.24. The molecule has 0 radical (unpaired) electrons. The molecule has 0 N–H and O–H groups in total. The van der Waals surface area contributed by atoms with Gasteiger partial charge < -0.3 is 0 Å². The van der Waals surface area contributed by atoms with E-state index in [1.807, 2.05) is 13.8 Å². The Balaban J connectivity index is 3.29. The predicted octanol–water partition coefficient (Wildman–Crippen LogP) is 3.31. The second kappa shape index (κ2) is 4.88. The third-order valence-electron chi connectivity index (χ3n) is 2.46. The smallest absolute Gasteiger partial charge is 0.270 e. The molecule has 0 bridgehead atoms. The maximum absolute atomic E-state index is 11.5. The van der Waals surface area contributed by atoms with Crippen LogP contribution in [0.2, 0.25) is 0 Å². The van der Waals surface area contributed by atoms with E-state index in [0.29, 0.717) is 12.0 Å². The van der Waals surface area contributed by atoms with Crippen molar-refractivity contribution in [3.8, 4) is 0 Å². The van der Waals surface area contributed by atoms with E-state index in [-0.39, 0.29) is 17.4 Å². The zero-order valence-electron chi connectivity index (χ0n) is 9.69. The van der Waals surface area contributed by atoms with Gasteiger partial charge in [0.15, 0.2) is 5.78 Å². The van der Waals surface area contributed by atoms with E-state index < -0.39 is 4.92 Å². The molecule has 1 rings (SSSR count). The molecule has 16 heavy (non-hydrogen) atoms. The first-order valence-electron chi connectivity index (χ1n) is 5.28. The molecule has 0 heterocycles. The van der Waals surface area contributed by atoms with Gasteiger partial charge in [0.25, 0.3) is 5.69 Å². The first kappa shape index (κ1) is 12.4. The third-order valence-corrected chi connectivity index (χ3v) is 2.46. The van der Waals surface area contributed by atoms with Crippen LogP contribution in [0.1, 0.15) is 49.0 Å². The van der Waals surface area contributed by atoms with Crippen LogP contribution in [0, 0.1) is 10.1 Å². The number of non-ortho nitro benzene ring substituents is 1. The van der Waals surface area contributed by atoms with E-state index in [4.69, 9.17) is 0 Å². The van der Waals surface area contributed by atoms with Gasteiger partial charge >= 0.3 is 0 Å². The number of carbonyl (C=O) groups is 1. The number of benzene rings is 1. The van der Waals surface area contributed by atoms with Gasteiger partial charge in [-0.2, -0.15) is 0 Å². The number of nitro groups is 1. The van der Waals surface area contributed by atoms with Gasteiger partial charge in [-0.15, -0.1) is 0 Å². The third kappa shape index (κ3) is 2.66. The largest absolute Gasteiger partial charge is 0.294 e. The molecule has 0 aliphatic rings. The lowest BCUT2D eigenvalue weighted by Crippen LogP contribution is -2.01. The molecule has 1 aromatic rings. The number of hydrogen-bond acceptors (Lipinski definition) is 3. The zero-order valence-corrected chi connectivity index (χ0v) is 9.69. The average molecular weight is 221 g/mol. The van der Waals surface area contributed by atoms with Crippen molar-refractivity contribution in [1.29, 1.82) is 0 Å². The Labute approximate surface area is 94.4 Å². The van der Waals surface area contributed by atoms with E-state index >= 15 is 0 Å². The molecule has 86 valence electrons. The summed E-state index contributed by atoms with van der Waals surface area (Å²) in [6, 6.07) is 4.61. The van der Waals surface area contributed by atoms with E-state index in [2.05, 4.69) is 0 Å². The van der Waals surface area contributed by atoms with Gasteiger partial charge in [0.2, 0.25) is 0 Å². The highest BCUT2D eigenvalue weighted by Gasteiger charge is 2.14. The van der Waals surface area contributed by atoms with Crippen LogP contribution in [0.3, 0.4) is 0 Å². The molecular formula is C12H15NO3. The van der Waals surface area contributed by atoms with Crippen LogP contribution < -0.4 is 0 Å². The number of Topliss-reactive ketones (excluding diaryl/α,β-unsaturated/α-hetero) is 1. The molecule has 1 aromatic carbocycles. The van der Waals surface area contributed by atoms with Crippen molar-refractivity contribution in [2.45, 2.75) is 33.1 Å². The van der Waals surface area contributed by atoms with Gasteiger partial charge in [0.05, 0.1) is 4.92 Å². The van der Waals surface area contributed by atoms with Gasteiger partial charge in [-0.1, -0.05) is 20.8 Å². The molecule has 0 spiro atoms. The van der Waals surface area contributed by atoms with E-state index in [1.54, 1.807) is 13.0 Å². The van der Waals surface area contributed by atoms with Crippen molar-refractivity contribution in [2.75, 3.05) is 0 Å². The molecule has 0 unspecified atom stereocenters. The fourth-order valence-corrected chi connectivity index (χ4v) is 1.44. The lowest BCUT2D eigenvalue weighted by atomic mass is 9.97. The Hall–Kier alpha value is -1.71. The second-order valence-corrected chi connectivity index (χ2v) is 4.00. The lowest BCUT2D eigenvalue weighted by molar-refractivity contribution is -0.385. The molecule has 0 atom stereocenters. The van der Waals surface area contributed by atoms with Crippen LogP contribution in [-0.2, 0) is 0 Å². The zero-order chi connectivity index (χ0) is 12.3. The quantitative estimate of drug-likeness (QED) is 0.445. The molecule has 4 nitrogen and oxygen atoms in total. The molecule has 0 saturated heterocycles. The average Bonchev–Trinajstić information content (AvgIpc) is 2.27. The van der Waals surface area contributed by atoms with Crippen molar-refractivity contribution >= 4 is 11.5 Å². The summed E-state index contributed by atoms with van der Waals surface area (Å²) in [6.07, 6.45) is 0.360. The Morgan fingerprint density at radius 3 is 2.44 bits per heavy atom. The van der Waals surface area contributed by atoms with E-state index in [0.717, 1.165) is 5.56 Å². The normalized spacial score (nSPS) is 10.5. The fraction of sp³-hybridized carbons (Fsp3) is 0.417. The van der Waals surface area contributed by atoms with Crippen molar-refractivity contribution in [2.24, 2.45) is 0 Å². The van der Waals surface area contributed by atoms with Crippen LogP contribution >= 0.6 is 0 Å². The van der Waals surface area contributed by atoms with Crippen LogP contribution in [0.4, 0.5) is 5.69 Å². The van der Waals surface area contributed by atoms with E-state index in [9.17, 15) is 14.9 Å². The van der Waals surface area contributed by atoms with Crippen LogP contribution in [0.15, 0.2) is 18.2 Å². The minimum atomic E-state index is -0.460. The lowest BCUT2D eigenvalue weighted by Gasteiger charge is -2.07. The van der Waals surface area contributed by atoms with Gasteiger partial charge in [-0.25, -0.2) is 0 Å². The summed E-state index contributed by atoms with van der Waals surface area (Å²) < 4.78 is 0. The van der Waals surface area contributed by atoms with Gasteiger partial charge in [-0.05, 0) is 17.5 Å². The summed E-state index contributed by atoms with van der Waals surface area (Å²) in [4.78, 5) is 21.8. The second-order valence-electron chi connectivity index (χ2n) is 4.00. The molecular weight excluding hydrogens is 206 g/mol. The molecule has 0 saturated carbocycles. The predicted molar refractivity (Wildman–Crippen MR) is 61.8 cm³/mol. The summed E-state index contributed by atoms with van der Waals surface area (Å²) in [5, 5.41) is 10.7. The minimum Gasteiger partial charge on any atom is -0.294 e. The van der Waals surface area contributed by atoms with Crippen molar-refractivity contribution in [3.05, 3.63) is 39.4 Å². The van der Waals surface area contributed by atoms with Crippen molar-refractivity contribution in [1.82, 2.24) is 0 Å². The maximum atomic E-state index is 11.5. The highest BCUT2D eigenvalue weighted by molar-refractivity contribution is 5.96. The van der Waals surface area contributed by atoms with Crippen LogP contribution in [-0.4, -0.2) is 10.7 Å². The monoisotopic (exact) mass is 221 g/mol. The molecule has 0 aliphatic heterocycles. The summed E-state index contributed by atoms with van der Waals surface area (Å²) in [6.45, 7) is 5.63. The Bertz CT molecular complexity index is 424. The van der Waals surface area contributed by atoms with Crippen LogP contribution in [0.5, 0.6) is 0 Å². The Morgan fingerprint density at radius 1 is 1.38 bits per heavy atom. The molecule has 0 amide bonds. The molecule has 0 aromatic heterocycles. The number of rotatable bonds is 4. The molecule has 4 heteroatoms. The first-order valence-corrected chi connectivity index (χ1v) is 5.28. The number of nitro benzene ring substituents is 1. The topological polar surface area (TPSA) is 60.2 Å². The fourth-order valence-electron chi connectivity index (χ4n) is 1.44. The highest BCUT2D eigenvalue weighted by atomic mass is 16.6. The number of nitrogens with zero attached hydrogens (tertiary/aromatic N) is 1. The van der Waals surface area contributed by atoms with E-state index in [1.165, 1.54) is 12.1 Å². The summed E-state index contributed by atoms with van der Waals surface area (Å²) in [5.74, 6) is 0.105. The Kier molecular flexibility index (Phi) is 3.77. The van der Waals surface area contributed by atoms with Gasteiger partial charge in [0, 0.05) is 24.1 Å². The summed E-state index contributed by atoms with van der Waals surface area (Å²) >= 11 is 0. The van der Waals surface area contributed by atoms with Gasteiger partial charge in [-0.3, -0.25) is 14.9 Å². The SMILES string of the molecule is CCC(=O)c1cc(C(C)C)cc([N+](=O)[O-])c1. The number of ketones is 1. The summed E-state index contributed by atoms with van der Waals surface area (Å²) in [7, 11) is 0. The highest BCUT2D eigenvalue weighted by Crippen LogP contribution is 2.23. The number of hydrogen-bond donors (Lipinski definition) is 0. The van der Waals surface area contributed by atoms with Gasteiger partial charge in [0.1, 0.15) is 0 Å². The number of carbonyl (C=O) groups excluding carboxylic acids is 1. The minimum absolute atomic E-state index is 0.0111. The Morgan fingerprint density at radius 2 is 2.00 bits per heavy atom. The molecule has 0 fully saturated rings.